The number of rotatable bonds is 32. The first-order valence-electron chi connectivity index (χ1n) is 16.6. The average Bonchev–Trinajstić information content (AvgIpc) is 3.03. The Bertz CT molecular complexity index is 601. The van der Waals surface area contributed by atoms with Gasteiger partial charge in [-0.05, 0) is 6.42 Å². The molecule has 264 valence electrons. The standard InChI is InChI=1S/C31H62O13/c1-2-3-4-5-6-7-8-9-10-11-13-42-26(24-40-20-19-39-18-17-38-16-15-37-14-12-32)25-41-21-22-43-31-30(36)29(35)28(34)27(23-33)44-31/h26-36H,2-25H2,1H3. The van der Waals surface area contributed by atoms with Crippen LogP contribution in [-0.2, 0) is 37.9 Å². The predicted molar refractivity (Wildman–Crippen MR) is 162 cm³/mol. The van der Waals surface area contributed by atoms with Crippen LogP contribution in [0.4, 0.5) is 0 Å². The lowest BCUT2D eigenvalue weighted by Crippen LogP contribution is -2.59. The van der Waals surface area contributed by atoms with E-state index in [2.05, 4.69) is 6.92 Å². The van der Waals surface area contributed by atoms with Crippen LogP contribution in [0.5, 0.6) is 0 Å². The number of hydrogen-bond acceptors (Lipinski definition) is 13. The fourth-order valence-electron chi connectivity index (χ4n) is 4.57. The van der Waals surface area contributed by atoms with Crippen LogP contribution in [0, 0.1) is 0 Å². The molecule has 44 heavy (non-hydrogen) atoms. The SMILES string of the molecule is CCCCCCCCCCCCOC(COCCOCCOCCOCCO)COCCOC1OC(CO)C(O)C(O)C1O. The van der Waals surface area contributed by atoms with E-state index < -0.39 is 37.3 Å². The van der Waals surface area contributed by atoms with Gasteiger partial charge in [-0.1, -0.05) is 64.7 Å². The molecule has 0 radical (unpaired) electrons. The van der Waals surface area contributed by atoms with Crippen LogP contribution in [0.25, 0.3) is 0 Å². The molecule has 0 spiro atoms. The van der Waals surface area contributed by atoms with Crippen molar-refractivity contribution in [2.24, 2.45) is 0 Å². The van der Waals surface area contributed by atoms with E-state index in [1.54, 1.807) is 0 Å². The molecule has 1 rings (SSSR count). The summed E-state index contributed by atoms with van der Waals surface area (Å²) in [6, 6.07) is 0. The topological polar surface area (TPSA) is 175 Å². The maximum absolute atomic E-state index is 10.1. The molecule has 1 saturated heterocycles. The van der Waals surface area contributed by atoms with Gasteiger partial charge in [0.25, 0.3) is 0 Å². The minimum absolute atomic E-state index is 0.000399. The van der Waals surface area contributed by atoms with Gasteiger partial charge in [-0.3, -0.25) is 0 Å². The molecule has 0 saturated carbocycles. The Hall–Kier alpha value is -0.520. The Morgan fingerprint density at radius 2 is 1.05 bits per heavy atom. The molecule has 1 fully saturated rings. The highest BCUT2D eigenvalue weighted by Crippen LogP contribution is 2.21. The maximum Gasteiger partial charge on any atom is 0.186 e. The van der Waals surface area contributed by atoms with Gasteiger partial charge >= 0.3 is 0 Å². The van der Waals surface area contributed by atoms with E-state index in [1.807, 2.05) is 0 Å². The molecule has 1 heterocycles. The van der Waals surface area contributed by atoms with Gasteiger partial charge in [0.15, 0.2) is 6.29 Å². The molecule has 6 unspecified atom stereocenters. The predicted octanol–water partition coefficient (Wildman–Crippen LogP) is 1.18. The molecule has 0 aromatic carbocycles. The third kappa shape index (κ3) is 21.3. The minimum Gasteiger partial charge on any atom is -0.394 e. The lowest BCUT2D eigenvalue weighted by atomic mass is 9.99. The first-order valence-corrected chi connectivity index (χ1v) is 16.6. The van der Waals surface area contributed by atoms with E-state index in [0.29, 0.717) is 59.5 Å². The van der Waals surface area contributed by atoms with E-state index >= 15 is 0 Å². The molecular weight excluding hydrogens is 580 g/mol. The molecule has 13 nitrogen and oxygen atoms in total. The van der Waals surface area contributed by atoms with Gasteiger partial charge in [-0.15, -0.1) is 0 Å². The molecule has 6 atom stereocenters. The maximum atomic E-state index is 10.1. The summed E-state index contributed by atoms with van der Waals surface area (Å²) >= 11 is 0. The summed E-state index contributed by atoms with van der Waals surface area (Å²) < 4.78 is 44.4. The van der Waals surface area contributed by atoms with Gasteiger partial charge in [0, 0.05) is 6.61 Å². The molecular formula is C31H62O13. The third-order valence-electron chi connectivity index (χ3n) is 7.17. The third-order valence-corrected chi connectivity index (χ3v) is 7.17. The Kier molecular flexibility index (Phi) is 28.2. The Morgan fingerprint density at radius 1 is 0.545 bits per heavy atom. The van der Waals surface area contributed by atoms with Gasteiger partial charge in [-0.25, -0.2) is 0 Å². The summed E-state index contributed by atoms with van der Waals surface area (Å²) in [6.07, 6.45) is 5.65. The van der Waals surface area contributed by atoms with Gasteiger partial charge < -0.3 is 63.4 Å². The van der Waals surface area contributed by atoms with Crippen molar-refractivity contribution in [3.05, 3.63) is 0 Å². The summed E-state index contributed by atoms with van der Waals surface area (Å²) in [7, 11) is 0. The lowest BCUT2D eigenvalue weighted by molar-refractivity contribution is -0.302. The smallest absolute Gasteiger partial charge is 0.186 e. The van der Waals surface area contributed by atoms with Gasteiger partial charge in [0.2, 0.25) is 0 Å². The summed E-state index contributed by atoms with van der Waals surface area (Å²) in [6.45, 7) is 6.12. The number of ether oxygens (including phenoxy) is 8. The zero-order valence-electron chi connectivity index (χ0n) is 26.9. The monoisotopic (exact) mass is 642 g/mol. The average molecular weight is 643 g/mol. The fraction of sp³-hybridized carbons (Fsp3) is 1.00. The first-order chi connectivity index (χ1) is 21.5. The van der Waals surface area contributed by atoms with Crippen LogP contribution in [0.1, 0.15) is 71.1 Å². The van der Waals surface area contributed by atoms with Crippen molar-refractivity contribution in [3.8, 4) is 0 Å². The minimum atomic E-state index is -1.49. The van der Waals surface area contributed by atoms with Crippen molar-refractivity contribution < 1.29 is 63.4 Å². The second kappa shape index (κ2) is 29.9. The molecule has 1 aliphatic rings. The Morgan fingerprint density at radius 3 is 1.59 bits per heavy atom. The highest BCUT2D eigenvalue weighted by molar-refractivity contribution is 4.88. The van der Waals surface area contributed by atoms with E-state index in [4.69, 9.17) is 43.0 Å². The van der Waals surface area contributed by atoms with Crippen molar-refractivity contribution in [1.82, 2.24) is 0 Å². The molecule has 0 amide bonds. The summed E-state index contributed by atoms with van der Waals surface area (Å²) in [5, 5.41) is 47.8. The summed E-state index contributed by atoms with van der Waals surface area (Å²) in [4.78, 5) is 0. The summed E-state index contributed by atoms with van der Waals surface area (Å²) in [5.74, 6) is 0. The van der Waals surface area contributed by atoms with E-state index in [1.165, 1.54) is 51.4 Å². The number of hydrogen-bond donors (Lipinski definition) is 5. The number of aliphatic hydroxyl groups excluding tert-OH is 5. The van der Waals surface area contributed by atoms with E-state index in [9.17, 15) is 20.4 Å². The second-order valence-electron chi connectivity index (χ2n) is 11.0. The van der Waals surface area contributed by atoms with Crippen LogP contribution < -0.4 is 0 Å². The van der Waals surface area contributed by atoms with Crippen LogP contribution in [0.3, 0.4) is 0 Å². The zero-order chi connectivity index (χ0) is 32.1. The quantitative estimate of drug-likeness (QED) is 0.0663. The Labute approximate surface area is 264 Å². The van der Waals surface area contributed by atoms with Crippen molar-refractivity contribution >= 4 is 0 Å². The fourth-order valence-corrected chi connectivity index (χ4v) is 4.57. The van der Waals surface area contributed by atoms with Crippen molar-refractivity contribution in [1.29, 1.82) is 0 Å². The molecule has 0 bridgehead atoms. The largest absolute Gasteiger partial charge is 0.394 e. The number of aliphatic hydroxyl groups is 5. The van der Waals surface area contributed by atoms with E-state index in [0.717, 1.165) is 12.8 Å². The van der Waals surface area contributed by atoms with E-state index in [-0.39, 0.29) is 32.5 Å². The summed E-state index contributed by atoms with van der Waals surface area (Å²) in [5.41, 5.74) is 0. The zero-order valence-corrected chi connectivity index (χ0v) is 26.9. The highest BCUT2D eigenvalue weighted by Gasteiger charge is 2.43. The van der Waals surface area contributed by atoms with Crippen LogP contribution in [0.15, 0.2) is 0 Å². The molecule has 0 aliphatic carbocycles. The highest BCUT2D eigenvalue weighted by atomic mass is 16.7. The molecule has 13 heteroatoms. The van der Waals surface area contributed by atoms with Gasteiger partial charge in [0.1, 0.15) is 30.5 Å². The molecule has 0 aromatic rings. The van der Waals surface area contributed by atoms with Gasteiger partial charge in [-0.2, -0.15) is 0 Å². The van der Waals surface area contributed by atoms with Crippen LogP contribution >= 0.6 is 0 Å². The Balaban J connectivity index is 2.24. The van der Waals surface area contributed by atoms with Crippen molar-refractivity contribution in [2.75, 3.05) is 92.5 Å². The van der Waals surface area contributed by atoms with Crippen molar-refractivity contribution in [2.45, 2.75) is 108 Å². The molecule has 1 aliphatic heterocycles. The van der Waals surface area contributed by atoms with Crippen molar-refractivity contribution in [3.63, 3.8) is 0 Å². The molecule has 5 N–H and O–H groups in total. The van der Waals surface area contributed by atoms with Crippen LogP contribution in [0.2, 0.25) is 0 Å². The van der Waals surface area contributed by atoms with Gasteiger partial charge in [0.05, 0.1) is 85.9 Å². The second-order valence-corrected chi connectivity index (χ2v) is 11.0. The normalized spacial score (nSPS) is 22.9. The first kappa shape index (κ1) is 41.5. The molecule has 0 aromatic heterocycles. The number of unbranched alkanes of at least 4 members (excludes halogenated alkanes) is 9. The van der Waals surface area contributed by atoms with Crippen LogP contribution in [-0.4, -0.2) is 155 Å². The lowest BCUT2D eigenvalue weighted by Gasteiger charge is -2.39.